The summed E-state index contributed by atoms with van der Waals surface area (Å²) in [5.41, 5.74) is 8.08. The van der Waals surface area contributed by atoms with Crippen LogP contribution in [0.2, 0.25) is 0 Å². The summed E-state index contributed by atoms with van der Waals surface area (Å²) in [6.07, 6.45) is 8.83. The van der Waals surface area contributed by atoms with Crippen molar-refractivity contribution < 1.29 is 0 Å². The maximum Gasteiger partial charge on any atom is 0.159 e. The van der Waals surface area contributed by atoms with Crippen LogP contribution < -0.4 is 0 Å². The minimum Gasteiger partial charge on any atom is -0.245 e. The highest BCUT2D eigenvalue weighted by molar-refractivity contribution is 6.14. The van der Waals surface area contributed by atoms with Crippen molar-refractivity contribution in [2.24, 2.45) is 9.98 Å². The van der Waals surface area contributed by atoms with Crippen molar-refractivity contribution in [3.8, 4) is 11.1 Å². The van der Waals surface area contributed by atoms with Gasteiger partial charge in [-0.1, -0.05) is 103 Å². The molecule has 0 fully saturated rings. The van der Waals surface area contributed by atoms with Crippen LogP contribution in [0.1, 0.15) is 35.6 Å². The molecule has 0 amide bonds. The summed E-state index contributed by atoms with van der Waals surface area (Å²) in [7, 11) is 0. The molecule has 0 N–H and O–H groups in total. The minimum absolute atomic E-state index is 0.620. The zero-order chi connectivity index (χ0) is 25.2. The monoisotopic (exact) mass is 476 g/mol. The third-order valence-electron chi connectivity index (χ3n) is 7.20. The van der Waals surface area contributed by atoms with Crippen LogP contribution in [0.15, 0.2) is 119 Å². The Labute approximate surface area is 218 Å². The summed E-state index contributed by atoms with van der Waals surface area (Å²) >= 11 is 0. The molecule has 0 heterocycles. The molecule has 5 aromatic rings. The maximum atomic E-state index is 4.87. The van der Waals surface area contributed by atoms with E-state index in [4.69, 9.17) is 4.99 Å². The van der Waals surface area contributed by atoms with Crippen LogP contribution >= 0.6 is 0 Å². The van der Waals surface area contributed by atoms with Gasteiger partial charge in [-0.3, -0.25) is 0 Å². The van der Waals surface area contributed by atoms with Gasteiger partial charge in [0.25, 0.3) is 0 Å². The molecular weight excluding hydrogens is 448 g/mol. The van der Waals surface area contributed by atoms with E-state index in [1.165, 1.54) is 43.8 Å². The predicted octanol–water partition coefficient (Wildman–Crippen LogP) is 9.13. The van der Waals surface area contributed by atoms with Crippen LogP contribution in [0, 0.1) is 0 Å². The van der Waals surface area contributed by atoms with Crippen LogP contribution in [0.5, 0.6) is 0 Å². The number of aliphatic imine (C=N–C) groups is 2. The van der Waals surface area contributed by atoms with Crippen molar-refractivity contribution in [2.45, 2.75) is 19.8 Å². The molecular formula is C35H28N2. The summed E-state index contributed by atoms with van der Waals surface area (Å²) in [5.74, 6) is 0.620. The normalized spacial score (nSPS) is 13.6. The van der Waals surface area contributed by atoms with Crippen LogP contribution in [-0.4, -0.2) is 12.6 Å². The average molecular weight is 477 g/mol. The minimum atomic E-state index is 0.620. The van der Waals surface area contributed by atoms with E-state index < -0.39 is 0 Å². The molecule has 0 radical (unpaired) electrons. The van der Waals surface area contributed by atoms with Crippen LogP contribution in [0.25, 0.3) is 44.4 Å². The fourth-order valence-corrected chi connectivity index (χ4v) is 5.41. The molecule has 1 aliphatic rings. The highest BCUT2D eigenvalue weighted by Crippen LogP contribution is 2.38. The van der Waals surface area contributed by atoms with E-state index in [-0.39, 0.29) is 0 Å². The maximum absolute atomic E-state index is 4.87. The Bertz CT molecular complexity index is 1740. The van der Waals surface area contributed by atoms with Crippen LogP contribution in [0.3, 0.4) is 0 Å². The number of amidine groups is 1. The van der Waals surface area contributed by atoms with Crippen molar-refractivity contribution in [3.63, 3.8) is 0 Å². The molecule has 0 aromatic heterocycles. The lowest BCUT2D eigenvalue weighted by atomic mass is 9.85. The Morgan fingerprint density at radius 2 is 1.46 bits per heavy atom. The highest BCUT2D eigenvalue weighted by atomic mass is 14.9. The molecule has 0 atom stereocenters. The van der Waals surface area contributed by atoms with Crippen molar-refractivity contribution in [2.75, 3.05) is 0 Å². The highest BCUT2D eigenvalue weighted by Gasteiger charge is 2.15. The Morgan fingerprint density at radius 3 is 2.27 bits per heavy atom. The molecule has 5 aromatic carbocycles. The second-order valence-electron chi connectivity index (χ2n) is 9.35. The molecule has 37 heavy (non-hydrogen) atoms. The zero-order valence-electron chi connectivity index (χ0n) is 21.0. The topological polar surface area (TPSA) is 24.7 Å². The Balaban J connectivity index is 1.46. The smallest absolute Gasteiger partial charge is 0.159 e. The molecule has 2 heteroatoms. The molecule has 0 saturated carbocycles. The van der Waals surface area contributed by atoms with Gasteiger partial charge >= 0.3 is 0 Å². The number of fused-ring (bicyclic) bond motifs is 6. The lowest BCUT2D eigenvalue weighted by Gasteiger charge is -2.18. The number of allylic oxidation sites excluding steroid dienone is 2. The summed E-state index contributed by atoms with van der Waals surface area (Å²) < 4.78 is 0. The first-order valence-corrected chi connectivity index (χ1v) is 12.8. The van der Waals surface area contributed by atoms with Gasteiger partial charge in [-0.2, -0.15) is 0 Å². The van der Waals surface area contributed by atoms with Gasteiger partial charge in [0.2, 0.25) is 0 Å². The van der Waals surface area contributed by atoms with E-state index in [2.05, 4.69) is 90.6 Å². The van der Waals surface area contributed by atoms with Crippen molar-refractivity contribution in [1.29, 1.82) is 0 Å². The Kier molecular flexibility index (Phi) is 6.08. The number of nitrogens with zero attached hydrogens (tertiary/aromatic N) is 2. The van der Waals surface area contributed by atoms with Crippen molar-refractivity contribution >= 4 is 45.9 Å². The number of rotatable bonds is 4. The molecule has 178 valence electrons. The molecule has 2 nitrogen and oxygen atoms in total. The predicted molar refractivity (Wildman–Crippen MR) is 160 cm³/mol. The average Bonchev–Trinajstić information content (AvgIpc) is 2.98. The van der Waals surface area contributed by atoms with Gasteiger partial charge in [-0.05, 0) is 82.4 Å². The van der Waals surface area contributed by atoms with E-state index in [9.17, 15) is 0 Å². The quantitative estimate of drug-likeness (QED) is 0.140. The molecule has 0 unspecified atom stereocenters. The molecule has 1 aliphatic carbocycles. The number of aryl methyl sites for hydroxylation is 1. The molecule has 0 aliphatic heterocycles. The van der Waals surface area contributed by atoms with Gasteiger partial charge in [0.1, 0.15) is 0 Å². The van der Waals surface area contributed by atoms with Crippen molar-refractivity contribution in [1.82, 2.24) is 0 Å². The second kappa shape index (κ2) is 9.83. The SMILES string of the molecule is C=NC(=N/C(=C\C)c1cccc(-c2ccc3c(c2)c2c(c4ccccc43)CCC=C2)c1)c1ccccc1. The standard InChI is InChI=1S/C35H28N2/c1-3-34(37-35(36-2)24-12-5-4-6-13-24)27-15-11-14-25(22-27)26-20-21-32-30-18-8-7-16-28(30)29-17-9-10-19-31(29)33(32)23-26/h3-8,10-16,18-23H,2,9,17H2,1H3/b34-3-,37-35?. The van der Waals surface area contributed by atoms with Gasteiger partial charge in [0.05, 0.1) is 5.70 Å². The first-order chi connectivity index (χ1) is 18.3. The zero-order valence-corrected chi connectivity index (χ0v) is 21.0. The third-order valence-corrected chi connectivity index (χ3v) is 7.20. The van der Waals surface area contributed by atoms with Gasteiger partial charge < -0.3 is 0 Å². The van der Waals surface area contributed by atoms with Crippen LogP contribution in [-0.2, 0) is 6.42 Å². The van der Waals surface area contributed by atoms with Gasteiger partial charge in [0, 0.05) is 11.1 Å². The molecule has 0 spiro atoms. The summed E-state index contributed by atoms with van der Waals surface area (Å²) in [6.45, 7) is 5.77. The van der Waals surface area contributed by atoms with E-state index >= 15 is 0 Å². The number of hydrogen-bond donors (Lipinski definition) is 0. The fourth-order valence-electron chi connectivity index (χ4n) is 5.41. The molecule has 0 bridgehead atoms. The van der Waals surface area contributed by atoms with Gasteiger partial charge in [0.15, 0.2) is 5.84 Å². The first kappa shape index (κ1) is 22.9. The number of benzene rings is 5. The van der Waals surface area contributed by atoms with E-state index in [0.29, 0.717) is 5.84 Å². The van der Waals surface area contributed by atoms with Gasteiger partial charge in [-0.25, -0.2) is 9.98 Å². The number of hydrogen-bond acceptors (Lipinski definition) is 1. The first-order valence-electron chi connectivity index (χ1n) is 12.8. The Morgan fingerprint density at radius 1 is 0.730 bits per heavy atom. The second-order valence-corrected chi connectivity index (χ2v) is 9.35. The van der Waals surface area contributed by atoms with E-state index in [1.807, 2.05) is 43.3 Å². The van der Waals surface area contributed by atoms with Crippen molar-refractivity contribution in [3.05, 3.63) is 131 Å². The van der Waals surface area contributed by atoms with E-state index in [1.54, 1.807) is 0 Å². The third kappa shape index (κ3) is 4.21. The fraction of sp³-hybridized carbons (Fsp3) is 0.0857. The van der Waals surface area contributed by atoms with E-state index in [0.717, 1.165) is 29.7 Å². The lowest BCUT2D eigenvalue weighted by molar-refractivity contribution is 1.00. The summed E-state index contributed by atoms with van der Waals surface area (Å²) in [6, 6.07) is 34.3. The summed E-state index contributed by atoms with van der Waals surface area (Å²) in [5, 5.41) is 5.34. The Hall–Kier alpha value is -4.56. The summed E-state index contributed by atoms with van der Waals surface area (Å²) in [4.78, 5) is 9.07. The van der Waals surface area contributed by atoms with Gasteiger partial charge in [-0.15, -0.1) is 0 Å². The molecule has 6 rings (SSSR count). The largest absolute Gasteiger partial charge is 0.245 e. The lowest BCUT2D eigenvalue weighted by Crippen LogP contribution is -1.98. The molecule has 0 saturated heterocycles. The van der Waals surface area contributed by atoms with Crippen LogP contribution in [0.4, 0.5) is 0 Å².